The van der Waals surface area contributed by atoms with E-state index in [0.29, 0.717) is 6.54 Å². The van der Waals surface area contributed by atoms with E-state index >= 15 is 0 Å². The fraction of sp³-hybridized carbons (Fsp3) is 0.143. The van der Waals surface area contributed by atoms with Gasteiger partial charge in [-0.2, -0.15) is 0 Å². The van der Waals surface area contributed by atoms with E-state index in [9.17, 15) is 4.79 Å². The third-order valence-corrected chi connectivity index (χ3v) is 6.37. The van der Waals surface area contributed by atoms with Gasteiger partial charge >= 0.3 is 0 Å². The highest BCUT2D eigenvalue weighted by atomic mass is 32.1. The molecular formula is C21H18N2OS2. The molecule has 5 heteroatoms. The van der Waals surface area contributed by atoms with E-state index in [1.165, 1.54) is 22.5 Å². The van der Waals surface area contributed by atoms with Crippen molar-refractivity contribution in [2.75, 3.05) is 4.90 Å². The Morgan fingerprint density at radius 2 is 1.85 bits per heavy atom. The molecule has 4 rings (SSSR count). The van der Waals surface area contributed by atoms with Crippen LogP contribution < -0.4 is 4.90 Å². The van der Waals surface area contributed by atoms with Gasteiger partial charge in [0.05, 0.1) is 21.6 Å². The lowest BCUT2D eigenvalue weighted by molar-refractivity contribution is 0.0989. The van der Waals surface area contributed by atoms with E-state index < -0.39 is 0 Å². The number of aryl methyl sites for hydroxylation is 2. The number of carbonyl (C=O) groups is 1. The van der Waals surface area contributed by atoms with Gasteiger partial charge in [0.1, 0.15) is 0 Å². The number of benzene rings is 2. The Hall–Kier alpha value is -2.50. The summed E-state index contributed by atoms with van der Waals surface area (Å²) in [6.45, 7) is 4.69. The van der Waals surface area contributed by atoms with Gasteiger partial charge in [0.2, 0.25) is 0 Å². The zero-order valence-electron chi connectivity index (χ0n) is 14.6. The molecule has 2 aromatic carbocycles. The van der Waals surface area contributed by atoms with E-state index in [1.54, 1.807) is 16.2 Å². The van der Waals surface area contributed by atoms with Crippen molar-refractivity contribution in [3.05, 3.63) is 81.5 Å². The van der Waals surface area contributed by atoms with Gasteiger partial charge in [-0.25, -0.2) is 4.98 Å². The number of aromatic nitrogens is 1. The summed E-state index contributed by atoms with van der Waals surface area (Å²) in [5.41, 5.74) is 4.47. The van der Waals surface area contributed by atoms with E-state index in [-0.39, 0.29) is 5.91 Å². The number of nitrogens with zero attached hydrogens (tertiary/aromatic N) is 2. The van der Waals surface area contributed by atoms with Crippen molar-refractivity contribution in [3.8, 4) is 0 Å². The Morgan fingerprint density at radius 3 is 2.58 bits per heavy atom. The molecular weight excluding hydrogens is 360 g/mol. The molecule has 0 N–H and O–H groups in total. The van der Waals surface area contributed by atoms with Crippen LogP contribution in [0.2, 0.25) is 0 Å². The second-order valence-electron chi connectivity index (χ2n) is 6.20. The second kappa shape index (κ2) is 7.02. The summed E-state index contributed by atoms with van der Waals surface area (Å²) in [4.78, 5) is 20.5. The molecule has 0 unspecified atom stereocenters. The minimum atomic E-state index is -0.00251. The summed E-state index contributed by atoms with van der Waals surface area (Å²) < 4.78 is 1.11. The maximum Gasteiger partial charge on any atom is 0.270 e. The molecule has 0 atom stereocenters. The van der Waals surface area contributed by atoms with Crippen LogP contribution in [-0.4, -0.2) is 10.9 Å². The molecule has 3 nitrogen and oxygen atoms in total. The summed E-state index contributed by atoms with van der Waals surface area (Å²) in [7, 11) is 0. The number of carbonyl (C=O) groups excluding carboxylic acids is 1. The quantitative estimate of drug-likeness (QED) is 0.448. The van der Waals surface area contributed by atoms with Crippen LogP contribution in [0.25, 0.3) is 10.2 Å². The van der Waals surface area contributed by atoms with Crippen LogP contribution in [0.1, 0.15) is 26.4 Å². The van der Waals surface area contributed by atoms with Gasteiger partial charge < -0.3 is 0 Å². The Bertz CT molecular complexity index is 1050. The molecule has 0 bridgehead atoms. The predicted molar refractivity (Wildman–Crippen MR) is 110 cm³/mol. The van der Waals surface area contributed by atoms with Gasteiger partial charge in [-0.05, 0) is 48.1 Å². The predicted octanol–water partition coefficient (Wildman–Crippen LogP) is 5.82. The molecule has 2 aromatic heterocycles. The average Bonchev–Trinajstić information content (AvgIpc) is 3.33. The lowest BCUT2D eigenvalue weighted by atomic mass is 10.1. The minimum absolute atomic E-state index is 0.00251. The monoisotopic (exact) mass is 378 g/mol. The van der Waals surface area contributed by atoms with Crippen molar-refractivity contribution < 1.29 is 4.79 Å². The maximum atomic E-state index is 13.1. The molecule has 130 valence electrons. The van der Waals surface area contributed by atoms with Crippen LogP contribution in [-0.2, 0) is 6.54 Å². The Labute approximate surface area is 160 Å². The number of hydrogen-bond donors (Lipinski definition) is 0. The molecule has 0 fully saturated rings. The summed E-state index contributed by atoms with van der Waals surface area (Å²) in [5.74, 6) is -0.00251. The van der Waals surface area contributed by atoms with Crippen molar-refractivity contribution in [2.24, 2.45) is 0 Å². The van der Waals surface area contributed by atoms with Gasteiger partial charge in [-0.1, -0.05) is 53.8 Å². The normalized spacial score (nSPS) is 11.0. The van der Waals surface area contributed by atoms with Crippen molar-refractivity contribution in [1.82, 2.24) is 4.98 Å². The SMILES string of the molecule is Cc1ccc2sc(N(Cc3ccccc3)C(=O)c3cccs3)nc2c1C. The minimum Gasteiger partial charge on any atom is -0.279 e. The Morgan fingerprint density at radius 1 is 1.04 bits per heavy atom. The van der Waals surface area contributed by atoms with Crippen LogP contribution in [0, 0.1) is 13.8 Å². The molecule has 0 aliphatic heterocycles. The Kier molecular flexibility index (Phi) is 4.57. The van der Waals surface area contributed by atoms with Crippen LogP contribution in [0.5, 0.6) is 0 Å². The lowest BCUT2D eigenvalue weighted by Crippen LogP contribution is -2.29. The highest BCUT2D eigenvalue weighted by Crippen LogP contribution is 2.33. The number of rotatable bonds is 4. The number of fused-ring (bicyclic) bond motifs is 1. The summed E-state index contributed by atoms with van der Waals surface area (Å²) in [6.07, 6.45) is 0. The zero-order valence-corrected chi connectivity index (χ0v) is 16.2. The molecule has 0 radical (unpaired) electrons. The molecule has 1 amide bonds. The summed E-state index contributed by atoms with van der Waals surface area (Å²) >= 11 is 3.03. The molecule has 0 saturated heterocycles. The first-order valence-electron chi connectivity index (χ1n) is 8.39. The van der Waals surface area contributed by atoms with Gasteiger partial charge in [-0.3, -0.25) is 9.69 Å². The van der Waals surface area contributed by atoms with Crippen molar-refractivity contribution in [2.45, 2.75) is 20.4 Å². The van der Waals surface area contributed by atoms with Gasteiger partial charge in [0.25, 0.3) is 5.91 Å². The first kappa shape index (κ1) is 16.9. The fourth-order valence-electron chi connectivity index (χ4n) is 2.86. The van der Waals surface area contributed by atoms with Gasteiger partial charge in [0.15, 0.2) is 5.13 Å². The molecule has 4 aromatic rings. The number of anilines is 1. The molecule has 0 saturated carbocycles. The third-order valence-electron chi connectivity index (χ3n) is 4.47. The van der Waals surface area contributed by atoms with Crippen LogP contribution in [0.3, 0.4) is 0 Å². The summed E-state index contributed by atoms with van der Waals surface area (Å²) in [6, 6.07) is 18.0. The van der Waals surface area contributed by atoms with E-state index in [2.05, 4.69) is 26.0 Å². The topological polar surface area (TPSA) is 33.2 Å². The van der Waals surface area contributed by atoms with E-state index in [1.807, 2.05) is 47.8 Å². The standard InChI is InChI=1S/C21H18N2OS2/c1-14-10-11-17-19(15(14)2)22-21(26-17)23(13-16-7-4-3-5-8-16)20(24)18-9-6-12-25-18/h3-12H,13H2,1-2H3. The van der Waals surface area contributed by atoms with Crippen molar-refractivity contribution in [1.29, 1.82) is 0 Å². The van der Waals surface area contributed by atoms with Crippen LogP contribution in [0.4, 0.5) is 5.13 Å². The maximum absolute atomic E-state index is 13.1. The van der Waals surface area contributed by atoms with Crippen LogP contribution in [0.15, 0.2) is 60.0 Å². The number of thiazole rings is 1. The lowest BCUT2D eigenvalue weighted by Gasteiger charge is -2.19. The summed E-state index contributed by atoms with van der Waals surface area (Å²) in [5, 5.41) is 2.68. The highest BCUT2D eigenvalue weighted by molar-refractivity contribution is 7.22. The smallest absolute Gasteiger partial charge is 0.270 e. The second-order valence-corrected chi connectivity index (χ2v) is 8.16. The largest absolute Gasteiger partial charge is 0.279 e. The molecule has 0 aliphatic carbocycles. The van der Waals surface area contributed by atoms with Crippen molar-refractivity contribution >= 4 is 43.9 Å². The van der Waals surface area contributed by atoms with Gasteiger partial charge in [-0.15, -0.1) is 11.3 Å². The highest BCUT2D eigenvalue weighted by Gasteiger charge is 2.23. The number of hydrogen-bond acceptors (Lipinski definition) is 4. The Balaban J connectivity index is 1.79. The molecule has 26 heavy (non-hydrogen) atoms. The molecule has 2 heterocycles. The molecule has 0 aliphatic rings. The number of amides is 1. The first-order chi connectivity index (χ1) is 12.6. The first-order valence-corrected chi connectivity index (χ1v) is 10.1. The van der Waals surface area contributed by atoms with Gasteiger partial charge in [0, 0.05) is 0 Å². The van der Waals surface area contributed by atoms with Crippen molar-refractivity contribution in [3.63, 3.8) is 0 Å². The molecule has 0 spiro atoms. The average molecular weight is 379 g/mol. The third kappa shape index (κ3) is 3.16. The van der Waals surface area contributed by atoms with Crippen LogP contribution >= 0.6 is 22.7 Å². The fourth-order valence-corrected chi connectivity index (χ4v) is 4.55. The van der Waals surface area contributed by atoms with E-state index in [0.717, 1.165) is 25.8 Å². The number of thiophene rings is 1. The van der Waals surface area contributed by atoms with E-state index in [4.69, 9.17) is 4.98 Å². The zero-order chi connectivity index (χ0) is 18.1.